The average molecular weight is 313 g/mol. The number of carbonyl (C=O) groups excluding carboxylic acids is 1. The Morgan fingerprint density at radius 3 is 2.52 bits per heavy atom. The number of primary sulfonamides is 1. The molecule has 118 valence electrons. The van der Waals surface area contributed by atoms with Crippen LogP contribution < -0.4 is 5.14 Å². The van der Waals surface area contributed by atoms with Crippen molar-refractivity contribution in [1.29, 1.82) is 0 Å². The normalized spacial score (nSPS) is 15.5. The topological polar surface area (TPSA) is 85.4 Å². The van der Waals surface area contributed by atoms with Gasteiger partial charge in [0.25, 0.3) is 5.91 Å². The lowest BCUT2D eigenvalue weighted by molar-refractivity contribution is 0.0730. The van der Waals surface area contributed by atoms with Gasteiger partial charge in [-0.2, -0.15) is 0 Å². The van der Waals surface area contributed by atoms with Gasteiger partial charge in [-0.05, 0) is 39.2 Å². The number of hydrogen-bond donors (Lipinski definition) is 1. The Bertz CT molecular complexity index is 630. The number of sulfonamides is 1. The molecule has 1 aromatic rings. The van der Waals surface area contributed by atoms with E-state index in [-0.39, 0.29) is 16.8 Å². The molecule has 1 heterocycles. The van der Waals surface area contributed by atoms with Gasteiger partial charge in [-0.1, -0.05) is 6.92 Å². The van der Waals surface area contributed by atoms with Gasteiger partial charge in [0.2, 0.25) is 10.0 Å². The smallest absolute Gasteiger partial charge is 0.270 e. The molecule has 0 unspecified atom stereocenters. The average Bonchev–Trinajstić information content (AvgIpc) is 3.10. The molecule has 1 aromatic heterocycles. The predicted molar refractivity (Wildman–Crippen MR) is 80.5 cm³/mol. The molecule has 0 radical (unpaired) electrons. The van der Waals surface area contributed by atoms with Crippen LogP contribution >= 0.6 is 0 Å². The summed E-state index contributed by atoms with van der Waals surface area (Å²) in [6.45, 7) is 6.54. The highest BCUT2D eigenvalue weighted by Crippen LogP contribution is 2.29. The Balaban J connectivity index is 2.41. The van der Waals surface area contributed by atoms with Gasteiger partial charge in [-0.3, -0.25) is 4.79 Å². The molecular weight excluding hydrogens is 290 g/mol. The summed E-state index contributed by atoms with van der Waals surface area (Å²) in [5.74, 6) is -0.108. The zero-order valence-electron chi connectivity index (χ0n) is 12.7. The zero-order chi connectivity index (χ0) is 15.8. The Morgan fingerprint density at radius 2 is 2.10 bits per heavy atom. The van der Waals surface area contributed by atoms with Crippen LogP contribution in [0.3, 0.4) is 0 Å². The minimum atomic E-state index is -3.81. The largest absolute Gasteiger partial charge is 0.340 e. The molecule has 7 heteroatoms. The summed E-state index contributed by atoms with van der Waals surface area (Å²) in [6.07, 6.45) is 4.38. The molecule has 1 saturated carbocycles. The van der Waals surface area contributed by atoms with E-state index in [1.54, 1.807) is 4.57 Å². The molecule has 2 rings (SSSR count). The molecular formula is C14H23N3O3S. The van der Waals surface area contributed by atoms with Crippen LogP contribution in [0.1, 0.15) is 56.6 Å². The summed E-state index contributed by atoms with van der Waals surface area (Å²) in [5.41, 5.74) is 0.398. The first kappa shape index (κ1) is 16.0. The van der Waals surface area contributed by atoms with E-state index in [1.807, 2.05) is 25.7 Å². The van der Waals surface area contributed by atoms with Crippen LogP contribution in [0, 0.1) is 0 Å². The lowest BCUT2D eigenvalue weighted by Gasteiger charge is -2.23. The Labute approximate surface area is 126 Å². The van der Waals surface area contributed by atoms with Crippen molar-refractivity contribution in [2.75, 3.05) is 6.54 Å². The Morgan fingerprint density at radius 1 is 1.48 bits per heavy atom. The summed E-state index contributed by atoms with van der Waals surface area (Å²) < 4.78 is 24.7. The van der Waals surface area contributed by atoms with Crippen molar-refractivity contribution in [1.82, 2.24) is 9.47 Å². The van der Waals surface area contributed by atoms with E-state index in [1.165, 1.54) is 12.3 Å². The van der Waals surface area contributed by atoms with Crippen LogP contribution in [0.4, 0.5) is 0 Å². The third-order valence-electron chi connectivity index (χ3n) is 3.64. The molecule has 0 spiro atoms. The highest BCUT2D eigenvalue weighted by Gasteiger charge is 2.34. The molecule has 1 aliphatic carbocycles. The van der Waals surface area contributed by atoms with Crippen molar-refractivity contribution in [2.45, 2.75) is 57.0 Å². The SMILES string of the molecule is CCCN(C(=O)c1cc(S(N)(=O)=O)cn1C(C)C)C1CC1. The molecule has 0 atom stereocenters. The number of carbonyl (C=O) groups is 1. The molecule has 0 aliphatic heterocycles. The van der Waals surface area contributed by atoms with Gasteiger partial charge >= 0.3 is 0 Å². The summed E-state index contributed by atoms with van der Waals surface area (Å²) in [4.78, 5) is 14.6. The van der Waals surface area contributed by atoms with Crippen molar-refractivity contribution in [2.24, 2.45) is 5.14 Å². The van der Waals surface area contributed by atoms with Crippen molar-refractivity contribution in [3.8, 4) is 0 Å². The van der Waals surface area contributed by atoms with Crippen molar-refractivity contribution in [3.05, 3.63) is 18.0 Å². The van der Waals surface area contributed by atoms with Gasteiger partial charge in [0.05, 0.1) is 0 Å². The molecule has 1 amide bonds. The van der Waals surface area contributed by atoms with Crippen LogP contribution in [-0.2, 0) is 10.0 Å². The van der Waals surface area contributed by atoms with Gasteiger partial charge in [-0.25, -0.2) is 13.6 Å². The monoisotopic (exact) mass is 313 g/mol. The number of nitrogens with two attached hydrogens (primary N) is 1. The Kier molecular flexibility index (Phi) is 4.43. The van der Waals surface area contributed by atoms with E-state index in [9.17, 15) is 13.2 Å². The van der Waals surface area contributed by atoms with Gasteiger partial charge in [0.1, 0.15) is 10.6 Å². The van der Waals surface area contributed by atoms with Crippen LogP contribution in [0.2, 0.25) is 0 Å². The second kappa shape index (κ2) is 5.81. The van der Waals surface area contributed by atoms with Gasteiger partial charge < -0.3 is 9.47 Å². The number of rotatable bonds is 6. The maximum atomic E-state index is 12.8. The summed E-state index contributed by atoms with van der Waals surface area (Å²) in [7, 11) is -3.81. The quantitative estimate of drug-likeness (QED) is 0.868. The maximum Gasteiger partial charge on any atom is 0.270 e. The van der Waals surface area contributed by atoms with Crippen molar-refractivity contribution < 1.29 is 13.2 Å². The molecule has 6 nitrogen and oxygen atoms in total. The minimum Gasteiger partial charge on any atom is -0.340 e. The Hall–Kier alpha value is -1.34. The fourth-order valence-electron chi connectivity index (χ4n) is 2.43. The maximum absolute atomic E-state index is 12.8. The first-order chi connectivity index (χ1) is 9.75. The van der Waals surface area contributed by atoms with Gasteiger partial charge in [0, 0.05) is 24.8 Å². The highest BCUT2D eigenvalue weighted by atomic mass is 32.2. The molecule has 21 heavy (non-hydrogen) atoms. The van der Waals surface area contributed by atoms with E-state index in [0.717, 1.165) is 19.3 Å². The molecule has 0 aromatic carbocycles. The molecule has 0 saturated heterocycles. The van der Waals surface area contributed by atoms with Crippen LogP contribution in [0.5, 0.6) is 0 Å². The van der Waals surface area contributed by atoms with E-state index < -0.39 is 10.0 Å². The van der Waals surface area contributed by atoms with Gasteiger partial charge in [-0.15, -0.1) is 0 Å². The third-order valence-corrected chi connectivity index (χ3v) is 4.52. The third kappa shape index (κ3) is 3.47. The standard InChI is InChI=1S/C14H23N3O3S/c1-4-7-16(11-5-6-11)14(18)13-8-12(21(15,19)20)9-17(13)10(2)3/h8-11H,4-7H2,1-3H3,(H2,15,19,20). The molecule has 2 N–H and O–H groups in total. The van der Waals surface area contributed by atoms with E-state index in [0.29, 0.717) is 18.3 Å². The van der Waals surface area contributed by atoms with Crippen LogP contribution in [0.25, 0.3) is 0 Å². The molecule has 0 bridgehead atoms. The summed E-state index contributed by atoms with van der Waals surface area (Å²) in [6, 6.07) is 1.68. The lowest BCUT2D eigenvalue weighted by atomic mass is 10.3. The molecule has 1 fully saturated rings. The number of aromatic nitrogens is 1. The fraction of sp³-hybridized carbons (Fsp3) is 0.643. The van der Waals surface area contributed by atoms with Crippen LogP contribution in [0.15, 0.2) is 17.2 Å². The van der Waals surface area contributed by atoms with Crippen molar-refractivity contribution in [3.63, 3.8) is 0 Å². The van der Waals surface area contributed by atoms with Crippen LogP contribution in [-0.4, -0.2) is 36.4 Å². The first-order valence-electron chi connectivity index (χ1n) is 7.31. The zero-order valence-corrected chi connectivity index (χ0v) is 13.6. The van der Waals surface area contributed by atoms with Crippen molar-refractivity contribution >= 4 is 15.9 Å². The van der Waals surface area contributed by atoms with Gasteiger partial charge in [0.15, 0.2) is 0 Å². The highest BCUT2D eigenvalue weighted by molar-refractivity contribution is 7.89. The fourth-order valence-corrected chi connectivity index (χ4v) is 2.97. The lowest BCUT2D eigenvalue weighted by Crippen LogP contribution is -2.35. The minimum absolute atomic E-state index is 0.00760. The summed E-state index contributed by atoms with van der Waals surface area (Å²) >= 11 is 0. The number of hydrogen-bond acceptors (Lipinski definition) is 3. The molecule has 1 aliphatic rings. The second-order valence-corrected chi connectivity index (χ2v) is 7.40. The van der Waals surface area contributed by atoms with E-state index >= 15 is 0 Å². The number of amides is 1. The summed E-state index contributed by atoms with van der Waals surface area (Å²) in [5, 5.41) is 5.18. The predicted octanol–water partition coefficient (Wildman–Crippen LogP) is 1.73. The van der Waals surface area contributed by atoms with E-state index in [2.05, 4.69) is 0 Å². The second-order valence-electron chi connectivity index (χ2n) is 5.84. The number of nitrogens with zero attached hydrogens (tertiary/aromatic N) is 2. The first-order valence-corrected chi connectivity index (χ1v) is 8.86. The van der Waals surface area contributed by atoms with E-state index in [4.69, 9.17) is 5.14 Å².